The molecule has 0 unspecified atom stereocenters. The number of carbonyl (C=O) groups is 2. The van der Waals surface area contributed by atoms with Crippen LogP contribution in [0.25, 0.3) is 0 Å². The summed E-state index contributed by atoms with van der Waals surface area (Å²) in [4.78, 5) is 24.6. The SMILES string of the molecule is O=C1c2ccc(Br)cc2C(=O)c2ccc(Cl)cc21. The maximum absolute atomic E-state index is 12.3. The van der Waals surface area contributed by atoms with Crippen LogP contribution < -0.4 is 0 Å². The minimum atomic E-state index is -0.158. The fraction of sp³-hybridized carbons (Fsp3) is 0. The van der Waals surface area contributed by atoms with Gasteiger partial charge in [-0.15, -0.1) is 0 Å². The number of fused-ring (bicyclic) bond motifs is 2. The first-order valence-corrected chi connectivity index (χ1v) is 6.43. The summed E-state index contributed by atoms with van der Waals surface area (Å²) in [6, 6.07) is 9.84. The molecule has 0 saturated heterocycles. The van der Waals surface area contributed by atoms with E-state index in [2.05, 4.69) is 15.9 Å². The van der Waals surface area contributed by atoms with Gasteiger partial charge in [-0.2, -0.15) is 0 Å². The number of ketones is 2. The lowest BCUT2D eigenvalue weighted by Gasteiger charge is -2.17. The van der Waals surface area contributed by atoms with Crippen molar-refractivity contribution in [2.45, 2.75) is 0 Å². The number of rotatable bonds is 0. The van der Waals surface area contributed by atoms with Crippen LogP contribution in [0.4, 0.5) is 0 Å². The molecule has 2 nitrogen and oxygen atoms in total. The van der Waals surface area contributed by atoms with Crippen LogP contribution in [0.2, 0.25) is 5.02 Å². The predicted octanol–water partition coefficient (Wildman–Crippen LogP) is 3.88. The topological polar surface area (TPSA) is 34.1 Å². The lowest BCUT2D eigenvalue weighted by atomic mass is 9.84. The van der Waals surface area contributed by atoms with Gasteiger partial charge in [-0.05, 0) is 36.4 Å². The van der Waals surface area contributed by atoms with Gasteiger partial charge in [0, 0.05) is 31.7 Å². The van der Waals surface area contributed by atoms with Gasteiger partial charge in [0.25, 0.3) is 0 Å². The Morgan fingerprint density at radius 3 is 2.00 bits per heavy atom. The normalized spacial score (nSPS) is 13.2. The van der Waals surface area contributed by atoms with E-state index in [1.807, 2.05) is 0 Å². The Labute approximate surface area is 117 Å². The van der Waals surface area contributed by atoms with Crippen molar-refractivity contribution in [1.82, 2.24) is 0 Å². The second-order valence-electron chi connectivity index (χ2n) is 4.04. The van der Waals surface area contributed by atoms with Crippen LogP contribution in [-0.2, 0) is 0 Å². The van der Waals surface area contributed by atoms with E-state index < -0.39 is 0 Å². The average Bonchev–Trinajstić information content (AvgIpc) is 2.36. The largest absolute Gasteiger partial charge is 0.289 e. The summed E-state index contributed by atoms with van der Waals surface area (Å²) in [6.45, 7) is 0. The molecule has 4 heteroatoms. The first-order chi connectivity index (χ1) is 8.58. The van der Waals surface area contributed by atoms with E-state index in [0.29, 0.717) is 27.3 Å². The molecular weight excluding hydrogens is 316 g/mol. The molecular formula is C14H6BrClO2. The third-order valence-electron chi connectivity index (χ3n) is 2.94. The molecule has 88 valence electrons. The average molecular weight is 322 g/mol. The summed E-state index contributed by atoms with van der Waals surface area (Å²) < 4.78 is 0.778. The van der Waals surface area contributed by atoms with Crippen molar-refractivity contribution in [1.29, 1.82) is 0 Å². The molecule has 0 amide bonds. The van der Waals surface area contributed by atoms with Crippen LogP contribution >= 0.6 is 27.5 Å². The highest BCUT2D eigenvalue weighted by Gasteiger charge is 2.29. The Morgan fingerprint density at radius 2 is 1.33 bits per heavy atom. The van der Waals surface area contributed by atoms with Crippen LogP contribution in [-0.4, -0.2) is 11.6 Å². The second kappa shape index (κ2) is 4.04. The van der Waals surface area contributed by atoms with E-state index in [9.17, 15) is 9.59 Å². The third kappa shape index (κ3) is 1.62. The maximum Gasteiger partial charge on any atom is 0.194 e. The zero-order chi connectivity index (χ0) is 12.9. The van der Waals surface area contributed by atoms with Gasteiger partial charge in [-0.3, -0.25) is 9.59 Å². The fourth-order valence-electron chi connectivity index (χ4n) is 2.09. The summed E-state index contributed by atoms with van der Waals surface area (Å²) in [7, 11) is 0. The fourth-order valence-corrected chi connectivity index (χ4v) is 2.63. The summed E-state index contributed by atoms with van der Waals surface area (Å²) in [5.41, 5.74) is 1.65. The number of carbonyl (C=O) groups excluding carboxylic acids is 2. The van der Waals surface area contributed by atoms with Crippen LogP contribution in [0, 0.1) is 0 Å². The quantitative estimate of drug-likeness (QED) is 0.630. The van der Waals surface area contributed by atoms with E-state index in [0.717, 1.165) is 4.47 Å². The van der Waals surface area contributed by atoms with Crippen LogP contribution in [0.5, 0.6) is 0 Å². The zero-order valence-electron chi connectivity index (χ0n) is 9.04. The van der Waals surface area contributed by atoms with E-state index in [1.165, 1.54) is 0 Å². The molecule has 18 heavy (non-hydrogen) atoms. The van der Waals surface area contributed by atoms with Gasteiger partial charge in [-0.25, -0.2) is 0 Å². The van der Waals surface area contributed by atoms with Gasteiger partial charge >= 0.3 is 0 Å². The highest BCUT2D eigenvalue weighted by atomic mass is 79.9. The van der Waals surface area contributed by atoms with E-state index in [1.54, 1.807) is 36.4 Å². The van der Waals surface area contributed by atoms with Crippen molar-refractivity contribution in [3.05, 3.63) is 68.1 Å². The monoisotopic (exact) mass is 320 g/mol. The van der Waals surface area contributed by atoms with Gasteiger partial charge in [-0.1, -0.05) is 27.5 Å². The van der Waals surface area contributed by atoms with Crippen LogP contribution in [0.15, 0.2) is 40.9 Å². The van der Waals surface area contributed by atoms with E-state index in [4.69, 9.17) is 11.6 Å². The van der Waals surface area contributed by atoms with Gasteiger partial charge < -0.3 is 0 Å². The van der Waals surface area contributed by atoms with Crippen molar-refractivity contribution < 1.29 is 9.59 Å². The summed E-state index contributed by atoms with van der Waals surface area (Å²) in [5, 5.41) is 0.454. The van der Waals surface area contributed by atoms with Gasteiger partial charge in [0.05, 0.1) is 0 Å². The highest BCUT2D eigenvalue weighted by Crippen LogP contribution is 2.30. The maximum atomic E-state index is 12.3. The van der Waals surface area contributed by atoms with Crippen LogP contribution in [0.3, 0.4) is 0 Å². The number of hydrogen-bond acceptors (Lipinski definition) is 2. The molecule has 1 aliphatic carbocycles. The third-order valence-corrected chi connectivity index (χ3v) is 3.67. The molecule has 0 radical (unpaired) electrons. The standard InChI is InChI=1S/C14H6BrClO2/c15-7-1-3-9-11(5-7)13(17)10-4-2-8(16)6-12(10)14(9)18/h1-6H. The van der Waals surface area contributed by atoms with Crippen LogP contribution in [0.1, 0.15) is 31.8 Å². The molecule has 0 spiro atoms. The molecule has 0 N–H and O–H groups in total. The Bertz CT molecular complexity index is 645. The lowest BCUT2D eigenvalue weighted by molar-refractivity contribution is 0.0979. The molecule has 0 fully saturated rings. The summed E-state index contributed by atoms with van der Waals surface area (Å²) in [5.74, 6) is -0.299. The Balaban J connectivity index is 2.31. The zero-order valence-corrected chi connectivity index (χ0v) is 11.4. The molecule has 2 aromatic carbocycles. The molecule has 0 aliphatic heterocycles. The van der Waals surface area contributed by atoms with Gasteiger partial charge in [0.1, 0.15) is 0 Å². The molecule has 0 heterocycles. The lowest BCUT2D eigenvalue weighted by Crippen LogP contribution is -2.20. The van der Waals surface area contributed by atoms with Gasteiger partial charge in [0.2, 0.25) is 0 Å². The molecule has 0 atom stereocenters. The van der Waals surface area contributed by atoms with Crippen molar-refractivity contribution in [2.24, 2.45) is 0 Å². The van der Waals surface area contributed by atoms with Crippen molar-refractivity contribution in [2.75, 3.05) is 0 Å². The molecule has 0 bridgehead atoms. The van der Waals surface area contributed by atoms with Crippen molar-refractivity contribution >= 4 is 39.1 Å². The smallest absolute Gasteiger partial charge is 0.194 e. The molecule has 0 saturated carbocycles. The Morgan fingerprint density at radius 1 is 0.778 bits per heavy atom. The Kier molecular flexibility index (Phi) is 2.61. The first kappa shape index (κ1) is 11.6. The number of hydrogen-bond donors (Lipinski definition) is 0. The second-order valence-corrected chi connectivity index (χ2v) is 5.39. The molecule has 3 rings (SSSR count). The van der Waals surface area contributed by atoms with Gasteiger partial charge in [0.15, 0.2) is 11.6 Å². The highest BCUT2D eigenvalue weighted by molar-refractivity contribution is 9.10. The molecule has 2 aromatic rings. The first-order valence-electron chi connectivity index (χ1n) is 5.26. The van der Waals surface area contributed by atoms with Crippen molar-refractivity contribution in [3.8, 4) is 0 Å². The number of halogens is 2. The predicted molar refractivity (Wildman–Crippen MR) is 72.5 cm³/mol. The Hall–Kier alpha value is -1.45. The van der Waals surface area contributed by atoms with Crippen molar-refractivity contribution in [3.63, 3.8) is 0 Å². The van der Waals surface area contributed by atoms with E-state index in [-0.39, 0.29) is 11.6 Å². The minimum Gasteiger partial charge on any atom is -0.289 e. The summed E-state index contributed by atoms with van der Waals surface area (Å²) in [6.07, 6.45) is 0. The molecule has 1 aliphatic rings. The minimum absolute atomic E-state index is 0.141. The summed E-state index contributed by atoms with van der Waals surface area (Å²) >= 11 is 9.18. The molecule has 0 aromatic heterocycles. The number of benzene rings is 2. The van der Waals surface area contributed by atoms with E-state index >= 15 is 0 Å².